The molecular formula is C20H34N2O5. The molecule has 7 heteroatoms. The first-order chi connectivity index (χ1) is 13.0. The molecule has 1 saturated heterocycles. The lowest BCUT2D eigenvalue weighted by molar-refractivity contribution is -0.201. The second kappa shape index (κ2) is 13.4. The summed E-state index contributed by atoms with van der Waals surface area (Å²) in [5.74, 6) is -3.19. The van der Waals surface area contributed by atoms with E-state index in [1.54, 1.807) is 0 Å². The van der Waals surface area contributed by atoms with Gasteiger partial charge in [-0.05, 0) is 19.4 Å². The van der Waals surface area contributed by atoms with Crippen molar-refractivity contribution in [1.29, 1.82) is 0 Å². The number of hydrogen-bond acceptors (Lipinski definition) is 6. The summed E-state index contributed by atoms with van der Waals surface area (Å²) in [6.45, 7) is 2.36. The lowest BCUT2D eigenvalue weighted by atomic mass is 9.95. The van der Waals surface area contributed by atoms with Gasteiger partial charge < -0.3 is 10.6 Å². The maximum atomic E-state index is 12.4. The van der Waals surface area contributed by atoms with Gasteiger partial charge in [0.1, 0.15) is 11.7 Å². The number of nitrogens with two attached hydrogens (primary N) is 1. The van der Waals surface area contributed by atoms with Gasteiger partial charge in [-0.3, -0.25) is 14.4 Å². The van der Waals surface area contributed by atoms with E-state index in [0.29, 0.717) is 5.06 Å². The Kier molecular flexibility index (Phi) is 11.6. The fourth-order valence-corrected chi connectivity index (χ4v) is 3.17. The number of ketones is 1. The highest BCUT2D eigenvalue weighted by Gasteiger charge is 2.36. The molecular weight excluding hydrogens is 348 g/mol. The van der Waals surface area contributed by atoms with Crippen LogP contribution in [0.4, 0.5) is 0 Å². The van der Waals surface area contributed by atoms with Crippen LogP contribution in [0.15, 0.2) is 0 Å². The van der Waals surface area contributed by atoms with Gasteiger partial charge in [0.2, 0.25) is 0 Å². The van der Waals surface area contributed by atoms with Gasteiger partial charge in [0, 0.05) is 19.3 Å². The minimum Gasteiger partial charge on any atom is -0.330 e. The van der Waals surface area contributed by atoms with Gasteiger partial charge in [-0.15, -0.1) is 5.06 Å². The molecule has 1 atom stereocenters. The van der Waals surface area contributed by atoms with E-state index >= 15 is 0 Å². The molecule has 0 radical (unpaired) electrons. The maximum absolute atomic E-state index is 12.4. The number of nitrogens with zero attached hydrogens (tertiary/aromatic N) is 1. The predicted octanol–water partition coefficient (Wildman–Crippen LogP) is 3.05. The molecule has 0 aromatic heterocycles. The van der Waals surface area contributed by atoms with Crippen molar-refractivity contribution in [3.05, 3.63) is 0 Å². The summed E-state index contributed by atoms with van der Waals surface area (Å²) < 4.78 is 0. The Labute approximate surface area is 161 Å². The third-order valence-corrected chi connectivity index (χ3v) is 4.84. The first kappa shape index (κ1) is 23.3. The Bertz CT molecular complexity index is 491. The van der Waals surface area contributed by atoms with Crippen LogP contribution in [0.1, 0.15) is 90.4 Å². The van der Waals surface area contributed by atoms with Crippen LogP contribution in [0.25, 0.3) is 0 Å². The zero-order chi connectivity index (χ0) is 20.1. The Hall–Kier alpha value is -1.76. The number of carbonyl (C=O) groups excluding carboxylic acids is 4. The zero-order valence-electron chi connectivity index (χ0n) is 16.5. The number of Topliss-reactive ketones (excluding diaryl/α,β-unsaturated/α-hetero) is 1. The van der Waals surface area contributed by atoms with Crippen LogP contribution >= 0.6 is 0 Å². The summed E-state index contributed by atoms with van der Waals surface area (Å²) in [6.07, 6.45) is 10.8. The van der Waals surface area contributed by atoms with E-state index < -0.39 is 23.7 Å². The van der Waals surface area contributed by atoms with Crippen molar-refractivity contribution in [3.8, 4) is 0 Å². The van der Waals surface area contributed by atoms with Gasteiger partial charge in [0.05, 0.1) is 0 Å². The fraction of sp³-hybridized carbons (Fsp3) is 0.800. The topological polar surface area (TPSA) is 107 Å². The summed E-state index contributed by atoms with van der Waals surface area (Å²) in [7, 11) is 0. The molecule has 2 N–H and O–H groups in total. The van der Waals surface area contributed by atoms with E-state index in [2.05, 4.69) is 6.92 Å². The molecule has 0 bridgehead atoms. The molecule has 0 aliphatic carbocycles. The number of hydrogen-bond donors (Lipinski definition) is 1. The van der Waals surface area contributed by atoms with Crippen LogP contribution in [-0.4, -0.2) is 35.2 Å². The van der Waals surface area contributed by atoms with Gasteiger partial charge in [-0.1, -0.05) is 58.3 Å². The summed E-state index contributed by atoms with van der Waals surface area (Å²) in [6, 6.07) is 0. The molecule has 27 heavy (non-hydrogen) atoms. The Morgan fingerprint density at radius 1 is 0.963 bits per heavy atom. The third-order valence-electron chi connectivity index (χ3n) is 4.84. The minimum atomic E-state index is -1.01. The summed E-state index contributed by atoms with van der Waals surface area (Å²) in [5.41, 5.74) is 5.50. The van der Waals surface area contributed by atoms with E-state index in [-0.39, 0.29) is 38.0 Å². The number of imide groups is 1. The van der Waals surface area contributed by atoms with Crippen molar-refractivity contribution in [2.24, 2.45) is 11.7 Å². The lowest BCUT2D eigenvalue weighted by Crippen LogP contribution is -2.37. The van der Waals surface area contributed by atoms with Gasteiger partial charge >= 0.3 is 5.97 Å². The van der Waals surface area contributed by atoms with E-state index in [4.69, 9.17) is 10.6 Å². The largest absolute Gasteiger partial charge is 0.343 e. The van der Waals surface area contributed by atoms with Crippen molar-refractivity contribution < 1.29 is 24.0 Å². The van der Waals surface area contributed by atoms with E-state index in [1.807, 2.05) is 0 Å². The molecule has 0 aromatic rings. The second-order valence-corrected chi connectivity index (χ2v) is 7.17. The quantitative estimate of drug-likeness (QED) is 0.265. The van der Waals surface area contributed by atoms with E-state index in [0.717, 1.165) is 19.3 Å². The van der Waals surface area contributed by atoms with Crippen LogP contribution in [0.3, 0.4) is 0 Å². The standard InChI is InChI=1S/C20H34N2O5/c1-2-3-4-5-6-7-8-9-10-11-17(23)16(14-15-21)20(26)27-22-18(24)12-13-19(22)25/h16H,2-15,21H2,1H3. The molecule has 1 aliphatic heterocycles. The van der Waals surface area contributed by atoms with Crippen molar-refractivity contribution in [3.63, 3.8) is 0 Å². The smallest absolute Gasteiger partial charge is 0.330 e. The number of carbonyl (C=O) groups is 4. The molecule has 1 heterocycles. The van der Waals surface area contributed by atoms with E-state index in [1.165, 1.54) is 38.5 Å². The number of hydroxylamine groups is 2. The molecule has 154 valence electrons. The van der Waals surface area contributed by atoms with Crippen molar-refractivity contribution >= 4 is 23.6 Å². The SMILES string of the molecule is CCCCCCCCCCCC(=O)C(CCN)C(=O)ON1C(=O)CCC1=O. The molecule has 0 aromatic carbocycles. The number of rotatable bonds is 15. The average Bonchev–Trinajstić information content (AvgIpc) is 2.96. The van der Waals surface area contributed by atoms with Gasteiger partial charge in [0.25, 0.3) is 11.8 Å². The molecule has 1 aliphatic rings. The molecule has 1 rings (SSSR count). The van der Waals surface area contributed by atoms with Crippen LogP contribution < -0.4 is 5.73 Å². The first-order valence-corrected chi connectivity index (χ1v) is 10.3. The molecule has 0 saturated carbocycles. The molecule has 1 unspecified atom stereocenters. The van der Waals surface area contributed by atoms with Crippen molar-refractivity contribution in [2.75, 3.05) is 6.54 Å². The Balaban J connectivity index is 2.30. The van der Waals surface area contributed by atoms with Crippen molar-refractivity contribution in [1.82, 2.24) is 5.06 Å². The van der Waals surface area contributed by atoms with Crippen molar-refractivity contribution in [2.45, 2.75) is 90.4 Å². The van der Waals surface area contributed by atoms with Crippen LogP contribution in [0.2, 0.25) is 0 Å². The number of unbranched alkanes of at least 4 members (excludes halogenated alkanes) is 8. The average molecular weight is 383 g/mol. The highest BCUT2D eigenvalue weighted by Crippen LogP contribution is 2.18. The van der Waals surface area contributed by atoms with E-state index in [9.17, 15) is 19.2 Å². The molecule has 2 amide bonds. The Morgan fingerprint density at radius 2 is 1.48 bits per heavy atom. The summed E-state index contributed by atoms with van der Waals surface area (Å²) in [5, 5.41) is 0.484. The third kappa shape index (κ3) is 8.65. The lowest BCUT2D eigenvalue weighted by Gasteiger charge is -2.18. The van der Waals surface area contributed by atoms with Gasteiger partial charge in [-0.25, -0.2) is 4.79 Å². The van der Waals surface area contributed by atoms with Crippen LogP contribution in [0, 0.1) is 5.92 Å². The second-order valence-electron chi connectivity index (χ2n) is 7.17. The van der Waals surface area contributed by atoms with Crippen LogP contribution in [0.5, 0.6) is 0 Å². The van der Waals surface area contributed by atoms with Gasteiger partial charge in [0.15, 0.2) is 0 Å². The molecule has 7 nitrogen and oxygen atoms in total. The predicted molar refractivity (Wildman–Crippen MR) is 101 cm³/mol. The first-order valence-electron chi connectivity index (χ1n) is 10.3. The Morgan fingerprint density at radius 3 is 2.00 bits per heavy atom. The zero-order valence-corrected chi connectivity index (χ0v) is 16.5. The van der Waals surface area contributed by atoms with Crippen LogP contribution in [-0.2, 0) is 24.0 Å². The normalized spacial score (nSPS) is 15.3. The number of amides is 2. The fourth-order valence-electron chi connectivity index (χ4n) is 3.17. The molecule has 1 fully saturated rings. The maximum Gasteiger partial charge on any atom is 0.343 e. The monoisotopic (exact) mass is 382 g/mol. The van der Waals surface area contributed by atoms with Gasteiger partial charge in [-0.2, -0.15) is 0 Å². The minimum absolute atomic E-state index is 0.0278. The summed E-state index contributed by atoms with van der Waals surface area (Å²) in [4.78, 5) is 52.6. The summed E-state index contributed by atoms with van der Waals surface area (Å²) >= 11 is 0. The highest BCUT2D eigenvalue weighted by atomic mass is 16.7. The molecule has 0 spiro atoms. The highest BCUT2D eigenvalue weighted by molar-refractivity contribution is 6.03.